The van der Waals surface area contributed by atoms with Crippen LogP contribution in [0.3, 0.4) is 0 Å². The molecule has 1 aromatic carbocycles. The number of aliphatic hydroxyl groups excluding tert-OH is 1. The first kappa shape index (κ1) is 13.8. The van der Waals surface area contributed by atoms with E-state index in [1.54, 1.807) is 6.07 Å². The number of carboxylic acid groups (broad SMARTS) is 1. The predicted octanol–water partition coefficient (Wildman–Crippen LogP) is 2.29. The van der Waals surface area contributed by atoms with Crippen molar-refractivity contribution in [2.45, 2.75) is 25.9 Å². The molecule has 17 heavy (non-hydrogen) atoms. The van der Waals surface area contributed by atoms with Crippen LogP contribution >= 0.6 is 11.6 Å². The number of hydrogen-bond donors (Lipinski definition) is 3. The van der Waals surface area contributed by atoms with Crippen molar-refractivity contribution in [1.82, 2.24) is 0 Å². The Morgan fingerprint density at radius 1 is 1.53 bits per heavy atom. The van der Waals surface area contributed by atoms with E-state index in [2.05, 4.69) is 5.32 Å². The quantitative estimate of drug-likeness (QED) is 0.731. The molecule has 0 radical (unpaired) electrons. The minimum atomic E-state index is -0.901. The number of benzene rings is 1. The summed E-state index contributed by atoms with van der Waals surface area (Å²) in [5, 5.41) is 21.7. The molecule has 1 atom stereocenters. The van der Waals surface area contributed by atoms with E-state index < -0.39 is 12.1 Å². The average Bonchev–Trinajstić information content (AvgIpc) is 2.28. The molecule has 0 bridgehead atoms. The van der Waals surface area contributed by atoms with Gasteiger partial charge in [-0.05, 0) is 31.0 Å². The summed E-state index contributed by atoms with van der Waals surface area (Å²) in [7, 11) is 0. The summed E-state index contributed by atoms with van der Waals surface area (Å²) in [5.41, 5.74) is 1.80. The minimum Gasteiger partial charge on any atom is -0.481 e. The number of carboxylic acids is 1. The van der Waals surface area contributed by atoms with E-state index in [0.717, 1.165) is 11.3 Å². The molecular weight excluding hydrogens is 242 g/mol. The first-order chi connectivity index (χ1) is 7.99. The number of anilines is 1. The highest BCUT2D eigenvalue weighted by Gasteiger charge is 2.07. The first-order valence-corrected chi connectivity index (χ1v) is 5.76. The number of carbonyl (C=O) groups is 1. The normalized spacial score (nSPS) is 12.2. The molecular formula is C12H16ClNO3. The SMILES string of the molecule is Cc1ccc(NCC(O)CCC(=O)O)cc1Cl. The van der Waals surface area contributed by atoms with Gasteiger partial charge in [-0.2, -0.15) is 0 Å². The zero-order valence-electron chi connectivity index (χ0n) is 9.61. The van der Waals surface area contributed by atoms with E-state index in [-0.39, 0.29) is 12.8 Å². The van der Waals surface area contributed by atoms with Gasteiger partial charge < -0.3 is 15.5 Å². The van der Waals surface area contributed by atoms with Gasteiger partial charge in [-0.3, -0.25) is 4.79 Å². The lowest BCUT2D eigenvalue weighted by Gasteiger charge is -2.12. The maximum atomic E-state index is 10.3. The van der Waals surface area contributed by atoms with Gasteiger partial charge in [0.2, 0.25) is 0 Å². The standard InChI is InChI=1S/C12H16ClNO3/c1-8-2-3-9(6-11(8)13)14-7-10(15)4-5-12(16)17/h2-3,6,10,14-15H,4-5,7H2,1H3,(H,16,17). The fraction of sp³-hybridized carbons (Fsp3) is 0.417. The minimum absolute atomic E-state index is 0.0303. The third-order valence-corrected chi connectivity index (χ3v) is 2.81. The van der Waals surface area contributed by atoms with Gasteiger partial charge in [0.15, 0.2) is 0 Å². The van der Waals surface area contributed by atoms with Crippen molar-refractivity contribution in [2.75, 3.05) is 11.9 Å². The number of aliphatic carboxylic acids is 1. The van der Waals surface area contributed by atoms with E-state index in [4.69, 9.17) is 16.7 Å². The van der Waals surface area contributed by atoms with Gasteiger partial charge in [0.1, 0.15) is 0 Å². The zero-order valence-corrected chi connectivity index (χ0v) is 10.4. The van der Waals surface area contributed by atoms with Crippen LogP contribution in [0.2, 0.25) is 5.02 Å². The monoisotopic (exact) mass is 257 g/mol. The Labute approximate surface area is 105 Å². The third-order valence-electron chi connectivity index (χ3n) is 2.41. The van der Waals surface area contributed by atoms with E-state index >= 15 is 0 Å². The van der Waals surface area contributed by atoms with Gasteiger partial charge in [0.25, 0.3) is 0 Å². The molecule has 0 aliphatic rings. The molecule has 1 aromatic rings. The van der Waals surface area contributed by atoms with Crippen LogP contribution in [0.5, 0.6) is 0 Å². The molecule has 94 valence electrons. The van der Waals surface area contributed by atoms with E-state index in [1.165, 1.54) is 0 Å². The highest BCUT2D eigenvalue weighted by molar-refractivity contribution is 6.31. The molecule has 0 aliphatic carbocycles. The van der Waals surface area contributed by atoms with Gasteiger partial charge in [0.05, 0.1) is 6.10 Å². The Balaban J connectivity index is 2.39. The summed E-state index contributed by atoms with van der Waals surface area (Å²) in [6, 6.07) is 5.53. The van der Waals surface area contributed by atoms with E-state index in [9.17, 15) is 9.90 Å². The molecule has 0 aromatic heterocycles. The second kappa shape index (κ2) is 6.47. The number of hydrogen-bond acceptors (Lipinski definition) is 3. The topological polar surface area (TPSA) is 69.6 Å². The van der Waals surface area contributed by atoms with Gasteiger partial charge in [0, 0.05) is 23.7 Å². The summed E-state index contributed by atoms with van der Waals surface area (Å²) in [6.45, 7) is 2.22. The summed E-state index contributed by atoms with van der Waals surface area (Å²) >= 11 is 5.95. The molecule has 0 fully saturated rings. The van der Waals surface area contributed by atoms with Crippen molar-refractivity contribution in [1.29, 1.82) is 0 Å². The van der Waals surface area contributed by atoms with Gasteiger partial charge in [-0.1, -0.05) is 17.7 Å². The number of aryl methyl sites for hydroxylation is 1. The number of aliphatic hydroxyl groups is 1. The second-order valence-corrected chi connectivity index (χ2v) is 4.34. The zero-order chi connectivity index (χ0) is 12.8. The Kier molecular flexibility index (Phi) is 5.25. The Hall–Kier alpha value is -1.26. The maximum Gasteiger partial charge on any atom is 0.303 e. The van der Waals surface area contributed by atoms with Crippen LogP contribution in [0.1, 0.15) is 18.4 Å². The summed E-state index contributed by atoms with van der Waals surface area (Å²) in [5.74, 6) is -0.901. The molecule has 0 saturated carbocycles. The van der Waals surface area contributed by atoms with Crippen LogP contribution in [0.25, 0.3) is 0 Å². The van der Waals surface area contributed by atoms with Crippen molar-refractivity contribution in [3.63, 3.8) is 0 Å². The first-order valence-electron chi connectivity index (χ1n) is 5.39. The highest BCUT2D eigenvalue weighted by Crippen LogP contribution is 2.19. The molecule has 1 unspecified atom stereocenters. The van der Waals surface area contributed by atoms with Gasteiger partial charge in [-0.15, -0.1) is 0 Å². The molecule has 0 heterocycles. The number of halogens is 1. The maximum absolute atomic E-state index is 10.3. The summed E-state index contributed by atoms with van der Waals surface area (Å²) in [6.07, 6.45) is -0.467. The fourth-order valence-corrected chi connectivity index (χ4v) is 1.51. The van der Waals surface area contributed by atoms with E-state index in [0.29, 0.717) is 11.6 Å². The van der Waals surface area contributed by atoms with Crippen molar-refractivity contribution < 1.29 is 15.0 Å². The molecule has 0 spiro atoms. The van der Waals surface area contributed by atoms with Crippen LogP contribution in [-0.2, 0) is 4.79 Å². The summed E-state index contributed by atoms with van der Waals surface area (Å²) in [4.78, 5) is 10.3. The van der Waals surface area contributed by atoms with Crippen LogP contribution < -0.4 is 5.32 Å². The van der Waals surface area contributed by atoms with Gasteiger partial charge >= 0.3 is 5.97 Å². The molecule has 5 heteroatoms. The van der Waals surface area contributed by atoms with Crippen LogP contribution in [0, 0.1) is 6.92 Å². The number of nitrogens with one attached hydrogen (secondary N) is 1. The molecule has 0 amide bonds. The molecule has 4 nitrogen and oxygen atoms in total. The van der Waals surface area contributed by atoms with Crippen molar-refractivity contribution in [2.24, 2.45) is 0 Å². The Morgan fingerprint density at radius 3 is 2.82 bits per heavy atom. The lowest BCUT2D eigenvalue weighted by Crippen LogP contribution is -2.20. The number of rotatable bonds is 6. The van der Waals surface area contributed by atoms with E-state index in [1.807, 2.05) is 19.1 Å². The average molecular weight is 258 g/mol. The molecule has 0 aliphatic heterocycles. The van der Waals surface area contributed by atoms with Crippen LogP contribution in [0.4, 0.5) is 5.69 Å². The highest BCUT2D eigenvalue weighted by atomic mass is 35.5. The van der Waals surface area contributed by atoms with Crippen LogP contribution in [0.15, 0.2) is 18.2 Å². The molecule has 0 saturated heterocycles. The predicted molar refractivity (Wildman–Crippen MR) is 67.6 cm³/mol. The van der Waals surface area contributed by atoms with Crippen molar-refractivity contribution >= 4 is 23.3 Å². The second-order valence-electron chi connectivity index (χ2n) is 3.93. The fourth-order valence-electron chi connectivity index (χ4n) is 1.33. The lowest BCUT2D eigenvalue weighted by atomic mass is 10.2. The molecule has 3 N–H and O–H groups in total. The lowest BCUT2D eigenvalue weighted by molar-refractivity contribution is -0.137. The van der Waals surface area contributed by atoms with Crippen molar-refractivity contribution in [3.05, 3.63) is 28.8 Å². The van der Waals surface area contributed by atoms with Gasteiger partial charge in [-0.25, -0.2) is 0 Å². The largest absolute Gasteiger partial charge is 0.481 e. The Morgan fingerprint density at radius 2 is 2.24 bits per heavy atom. The molecule has 1 rings (SSSR count). The smallest absolute Gasteiger partial charge is 0.303 e. The third kappa shape index (κ3) is 5.06. The van der Waals surface area contributed by atoms with Crippen LogP contribution in [-0.4, -0.2) is 28.8 Å². The van der Waals surface area contributed by atoms with Crippen molar-refractivity contribution in [3.8, 4) is 0 Å². The Bertz CT molecular complexity index is 395. The summed E-state index contributed by atoms with van der Waals surface area (Å²) < 4.78 is 0.